The molecule has 2 heterocycles. The van der Waals surface area contributed by atoms with Gasteiger partial charge in [0.1, 0.15) is 22.5 Å². The Morgan fingerprint density at radius 1 is 1.11 bits per heavy atom. The Labute approximate surface area is 210 Å². The molecule has 7 heteroatoms. The topological polar surface area (TPSA) is 73.6 Å². The average molecular weight is 493 g/mol. The zero-order chi connectivity index (χ0) is 24.8. The number of hydrogen-bond acceptors (Lipinski definition) is 5. The number of aryl methyl sites for hydroxylation is 2. The zero-order valence-electron chi connectivity index (χ0n) is 20.5. The van der Waals surface area contributed by atoms with Crippen LogP contribution in [-0.2, 0) is 17.6 Å². The van der Waals surface area contributed by atoms with Gasteiger partial charge < -0.3 is 19.1 Å². The fourth-order valence-corrected chi connectivity index (χ4v) is 4.94. The van der Waals surface area contributed by atoms with Gasteiger partial charge in [0.25, 0.3) is 0 Å². The molecule has 1 unspecified atom stereocenters. The molecule has 0 amide bonds. The summed E-state index contributed by atoms with van der Waals surface area (Å²) >= 11 is 1.69. The van der Waals surface area contributed by atoms with Crippen LogP contribution in [0.2, 0.25) is 0 Å². The van der Waals surface area contributed by atoms with Crippen LogP contribution < -0.4 is 9.47 Å². The molecule has 1 atom stereocenters. The molecule has 0 fully saturated rings. The van der Waals surface area contributed by atoms with Crippen LogP contribution in [0.3, 0.4) is 0 Å². The van der Waals surface area contributed by atoms with E-state index in [1.807, 2.05) is 24.3 Å². The summed E-state index contributed by atoms with van der Waals surface area (Å²) in [5, 5.41) is 13.4. The first-order valence-corrected chi connectivity index (χ1v) is 13.0. The van der Waals surface area contributed by atoms with E-state index in [1.54, 1.807) is 29.0 Å². The summed E-state index contributed by atoms with van der Waals surface area (Å²) in [5.41, 5.74) is 4.38. The van der Waals surface area contributed by atoms with Crippen molar-refractivity contribution in [1.29, 1.82) is 0 Å². The normalized spacial score (nSPS) is 12.1. The lowest BCUT2D eigenvalue weighted by molar-refractivity contribution is -0.140. The molecule has 0 saturated carbocycles. The molecule has 2 aromatic carbocycles. The Balaban J connectivity index is 1.32. The molecule has 35 heavy (non-hydrogen) atoms. The molecule has 184 valence electrons. The van der Waals surface area contributed by atoms with Crippen LogP contribution >= 0.6 is 11.3 Å². The van der Waals surface area contributed by atoms with Crippen LogP contribution in [0, 0.1) is 0 Å². The summed E-state index contributed by atoms with van der Waals surface area (Å²) in [7, 11) is 0. The summed E-state index contributed by atoms with van der Waals surface area (Å²) in [4.78, 5) is 16.0. The number of benzene rings is 2. The monoisotopic (exact) mass is 492 g/mol. The first-order chi connectivity index (χ1) is 17.0. The summed E-state index contributed by atoms with van der Waals surface area (Å²) in [5.74, 6) is 0.843. The second-order valence-electron chi connectivity index (χ2n) is 8.58. The largest absolute Gasteiger partial charge is 0.493 e. The van der Waals surface area contributed by atoms with Crippen molar-refractivity contribution >= 4 is 28.2 Å². The van der Waals surface area contributed by atoms with E-state index in [-0.39, 0.29) is 0 Å². The van der Waals surface area contributed by atoms with Gasteiger partial charge in [-0.25, -0.2) is 9.78 Å². The van der Waals surface area contributed by atoms with Crippen molar-refractivity contribution in [2.24, 2.45) is 0 Å². The van der Waals surface area contributed by atoms with Crippen molar-refractivity contribution in [2.45, 2.75) is 52.5 Å². The molecule has 0 saturated heterocycles. The van der Waals surface area contributed by atoms with Crippen LogP contribution in [0.25, 0.3) is 21.5 Å². The van der Waals surface area contributed by atoms with E-state index >= 15 is 0 Å². The fraction of sp³-hybridized carbons (Fsp3) is 0.357. The fourth-order valence-electron chi connectivity index (χ4n) is 4.04. The van der Waals surface area contributed by atoms with Gasteiger partial charge >= 0.3 is 5.97 Å². The molecule has 0 bridgehead atoms. The number of aliphatic carboxylic acids is 1. The van der Waals surface area contributed by atoms with Crippen molar-refractivity contribution in [3.8, 4) is 22.1 Å². The smallest absolute Gasteiger partial charge is 0.326 e. The minimum absolute atomic E-state index is 0.540. The van der Waals surface area contributed by atoms with Crippen LogP contribution in [0.5, 0.6) is 11.5 Å². The quantitative estimate of drug-likeness (QED) is 0.221. The molecule has 0 aliphatic carbocycles. The molecule has 0 spiro atoms. The van der Waals surface area contributed by atoms with Crippen molar-refractivity contribution < 1.29 is 19.4 Å². The standard InChI is InChI=1S/C28H32N2O4S/c1-4-7-21-16-22(27-29-23(5-2)18-35-27)8-11-26(21)34-15-6-14-33-24-9-10-25-20(17-24)12-13-30(25)19(3)28(31)32/h8-13,16-19H,4-7,14-15H2,1-3H3,(H,31,32). The van der Waals surface area contributed by atoms with Crippen molar-refractivity contribution in [3.05, 3.63) is 65.3 Å². The van der Waals surface area contributed by atoms with Crippen molar-refractivity contribution in [2.75, 3.05) is 13.2 Å². The number of fused-ring (bicyclic) bond motifs is 1. The van der Waals surface area contributed by atoms with E-state index in [1.165, 1.54) is 5.56 Å². The lowest BCUT2D eigenvalue weighted by atomic mass is 10.1. The molecule has 4 rings (SSSR count). The Morgan fingerprint density at radius 3 is 2.69 bits per heavy atom. The molecule has 0 radical (unpaired) electrons. The highest BCUT2D eigenvalue weighted by Gasteiger charge is 2.15. The third-order valence-electron chi connectivity index (χ3n) is 6.02. The Kier molecular flexibility index (Phi) is 8.08. The van der Waals surface area contributed by atoms with Crippen LogP contribution in [0.4, 0.5) is 0 Å². The molecule has 1 N–H and O–H groups in total. The second-order valence-corrected chi connectivity index (χ2v) is 9.44. The maximum Gasteiger partial charge on any atom is 0.326 e. The highest BCUT2D eigenvalue weighted by molar-refractivity contribution is 7.13. The van der Waals surface area contributed by atoms with Gasteiger partial charge in [0.2, 0.25) is 0 Å². The first-order valence-electron chi connectivity index (χ1n) is 12.2. The molecule has 2 aromatic heterocycles. The van der Waals surface area contributed by atoms with E-state index < -0.39 is 12.0 Å². The number of carboxylic acid groups (broad SMARTS) is 1. The Bertz CT molecular complexity index is 1290. The lowest BCUT2D eigenvalue weighted by Crippen LogP contribution is -2.14. The number of ether oxygens (including phenoxy) is 2. The maximum atomic E-state index is 11.3. The summed E-state index contributed by atoms with van der Waals surface area (Å²) in [6.07, 6.45) is 5.53. The minimum Gasteiger partial charge on any atom is -0.493 e. The molecule has 4 aromatic rings. The van der Waals surface area contributed by atoms with Gasteiger partial charge in [-0.1, -0.05) is 20.3 Å². The average Bonchev–Trinajstić information content (AvgIpc) is 3.51. The number of carboxylic acids is 1. The Morgan fingerprint density at radius 2 is 1.94 bits per heavy atom. The number of hydrogen-bond donors (Lipinski definition) is 1. The van der Waals surface area contributed by atoms with Gasteiger partial charge in [-0.3, -0.25) is 0 Å². The number of nitrogens with zero attached hydrogens (tertiary/aromatic N) is 2. The van der Waals surface area contributed by atoms with Crippen molar-refractivity contribution in [1.82, 2.24) is 9.55 Å². The number of carbonyl (C=O) groups is 1. The molecule has 0 aliphatic rings. The molecular formula is C28H32N2O4S. The summed E-state index contributed by atoms with van der Waals surface area (Å²) in [6.45, 7) is 7.09. The van der Waals surface area contributed by atoms with E-state index in [9.17, 15) is 9.90 Å². The number of thiazole rings is 1. The van der Waals surface area contributed by atoms with Crippen LogP contribution in [-0.4, -0.2) is 33.8 Å². The van der Waals surface area contributed by atoms with Crippen molar-refractivity contribution in [3.63, 3.8) is 0 Å². The third-order valence-corrected chi connectivity index (χ3v) is 6.96. The molecule has 6 nitrogen and oxygen atoms in total. The predicted molar refractivity (Wildman–Crippen MR) is 141 cm³/mol. The van der Waals surface area contributed by atoms with Gasteiger partial charge in [0.15, 0.2) is 0 Å². The molecular weight excluding hydrogens is 460 g/mol. The highest BCUT2D eigenvalue weighted by atomic mass is 32.1. The number of aromatic nitrogens is 2. The molecule has 0 aliphatic heterocycles. The van der Waals surface area contributed by atoms with E-state index in [2.05, 4.69) is 37.4 Å². The van der Waals surface area contributed by atoms with E-state index in [4.69, 9.17) is 14.5 Å². The predicted octanol–water partition coefficient (Wildman–Crippen LogP) is 6.77. The zero-order valence-corrected chi connectivity index (χ0v) is 21.3. The van der Waals surface area contributed by atoms with Gasteiger partial charge in [-0.15, -0.1) is 11.3 Å². The van der Waals surface area contributed by atoms with Gasteiger partial charge in [-0.05, 0) is 67.8 Å². The number of rotatable bonds is 12. The van der Waals surface area contributed by atoms with Gasteiger partial charge in [0.05, 0.1) is 18.9 Å². The van der Waals surface area contributed by atoms with Gasteiger partial charge in [0, 0.05) is 34.5 Å². The van der Waals surface area contributed by atoms with Gasteiger partial charge in [-0.2, -0.15) is 0 Å². The maximum absolute atomic E-state index is 11.3. The minimum atomic E-state index is -0.853. The third kappa shape index (κ3) is 5.85. The van der Waals surface area contributed by atoms with E-state index in [0.29, 0.717) is 13.2 Å². The highest BCUT2D eigenvalue weighted by Crippen LogP contribution is 2.30. The SMILES string of the molecule is CCCc1cc(-c2nc(CC)cs2)ccc1OCCCOc1ccc2c(ccn2C(C)C(=O)O)c1. The summed E-state index contributed by atoms with van der Waals surface area (Å²) < 4.78 is 13.8. The second kappa shape index (κ2) is 11.4. The van der Waals surface area contributed by atoms with E-state index in [0.717, 1.165) is 64.4 Å². The summed E-state index contributed by atoms with van der Waals surface area (Å²) in [6, 6.07) is 13.4. The van der Waals surface area contributed by atoms with Crippen LogP contribution in [0.15, 0.2) is 54.0 Å². The Hall–Kier alpha value is -3.32. The lowest BCUT2D eigenvalue weighted by Gasteiger charge is -2.13. The van der Waals surface area contributed by atoms with Crippen LogP contribution in [0.1, 0.15) is 50.9 Å². The first kappa shape index (κ1) is 24.8.